The average molecular weight is 446 g/mol. The van der Waals surface area contributed by atoms with E-state index in [2.05, 4.69) is 21.2 Å². The van der Waals surface area contributed by atoms with Crippen LogP contribution >= 0.6 is 15.9 Å². The van der Waals surface area contributed by atoms with Gasteiger partial charge in [-0.05, 0) is 52.3 Å². The summed E-state index contributed by atoms with van der Waals surface area (Å²) >= 11 is 3.12. The lowest BCUT2D eigenvalue weighted by atomic mass is 10.2. The fraction of sp³-hybridized carbons (Fsp3) is 0.294. The highest BCUT2D eigenvalue weighted by atomic mass is 79.9. The van der Waals surface area contributed by atoms with Crippen molar-refractivity contribution in [1.82, 2.24) is 4.90 Å². The lowest BCUT2D eigenvalue weighted by Gasteiger charge is -2.36. The molecule has 6 nitrogen and oxygen atoms in total. The van der Waals surface area contributed by atoms with Gasteiger partial charge in [-0.25, -0.2) is 0 Å². The van der Waals surface area contributed by atoms with Crippen LogP contribution in [0, 0.1) is 0 Å². The van der Waals surface area contributed by atoms with E-state index in [0.29, 0.717) is 23.4 Å². The molecule has 10 heteroatoms. The molecule has 1 aliphatic heterocycles. The number of carbonyl (C=O) groups is 2. The molecule has 144 valence electrons. The third-order valence-corrected chi connectivity index (χ3v) is 4.52. The molecule has 1 aliphatic rings. The van der Waals surface area contributed by atoms with Crippen LogP contribution in [0.15, 0.2) is 45.5 Å². The van der Waals surface area contributed by atoms with Crippen LogP contribution in [0.4, 0.5) is 24.5 Å². The van der Waals surface area contributed by atoms with Gasteiger partial charge >= 0.3 is 12.1 Å². The normalized spacial score (nSPS) is 15.0. The van der Waals surface area contributed by atoms with Gasteiger partial charge in [0.05, 0.1) is 0 Å². The molecule has 0 spiro atoms. The Morgan fingerprint density at radius 1 is 1.00 bits per heavy atom. The Kier molecular flexibility index (Phi) is 5.45. The molecule has 1 saturated heterocycles. The summed E-state index contributed by atoms with van der Waals surface area (Å²) < 4.78 is 43.1. The number of furan rings is 1. The first-order valence-electron chi connectivity index (χ1n) is 8.02. The summed E-state index contributed by atoms with van der Waals surface area (Å²) in [5, 5.41) is 2.69. The van der Waals surface area contributed by atoms with Crippen molar-refractivity contribution in [2.75, 3.05) is 36.4 Å². The van der Waals surface area contributed by atoms with E-state index < -0.39 is 18.0 Å². The van der Waals surface area contributed by atoms with Gasteiger partial charge in [-0.3, -0.25) is 9.59 Å². The van der Waals surface area contributed by atoms with Crippen LogP contribution < -0.4 is 10.2 Å². The third-order valence-electron chi connectivity index (χ3n) is 4.10. The predicted octanol–water partition coefficient (Wildman–Crippen LogP) is 3.51. The molecule has 0 aliphatic carbocycles. The molecular weight excluding hydrogens is 431 g/mol. The van der Waals surface area contributed by atoms with E-state index in [1.165, 1.54) is 6.07 Å². The number of hydrogen-bond donors (Lipinski definition) is 1. The number of amides is 2. The van der Waals surface area contributed by atoms with Gasteiger partial charge in [-0.2, -0.15) is 13.2 Å². The van der Waals surface area contributed by atoms with Crippen LogP contribution in [0.1, 0.15) is 10.6 Å². The van der Waals surface area contributed by atoms with Crippen molar-refractivity contribution in [3.63, 3.8) is 0 Å². The molecule has 0 radical (unpaired) electrons. The summed E-state index contributed by atoms with van der Waals surface area (Å²) in [4.78, 5) is 26.0. The van der Waals surface area contributed by atoms with E-state index >= 15 is 0 Å². The smallest absolute Gasteiger partial charge is 0.444 e. The highest BCUT2D eigenvalue weighted by Gasteiger charge is 2.43. The van der Waals surface area contributed by atoms with Crippen molar-refractivity contribution in [1.29, 1.82) is 0 Å². The zero-order valence-corrected chi connectivity index (χ0v) is 15.5. The number of halogens is 4. The van der Waals surface area contributed by atoms with Crippen molar-refractivity contribution in [3.8, 4) is 0 Å². The number of nitrogens with zero attached hydrogens (tertiary/aromatic N) is 2. The Morgan fingerprint density at radius 2 is 1.63 bits per heavy atom. The molecule has 0 atom stereocenters. The van der Waals surface area contributed by atoms with E-state index in [4.69, 9.17) is 4.42 Å². The number of rotatable bonds is 3. The molecule has 3 rings (SSSR count). The second-order valence-corrected chi connectivity index (χ2v) is 6.66. The first-order valence-corrected chi connectivity index (χ1v) is 8.81. The Balaban J connectivity index is 1.57. The molecule has 0 unspecified atom stereocenters. The largest absolute Gasteiger partial charge is 0.471 e. The fourth-order valence-electron chi connectivity index (χ4n) is 2.73. The van der Waals surface area contributed by atoms with Crippen LogP contribution in [-0.2, 0) is 4.79 Å². The van der Waals surface area contributed by atoms with Gasteiger partial charge in [-0.1, -0.05) is 0 Å². The minimum atomic E-state index is -4.84. The quantitative estimate of drug-likeness (QED) is 0.784. The van der Waals surface area contributed by atoms with Gasteiger partial charge in [-0.15, -0.1) is 0 Å². The average Bonchev–Trinajstić information content (AvgIpc) is 3.08. The van der Waals surface area contributed by atoms with Crippen LogP contribution in [0.2, 0.25) is 0 Å². The van der Waals surface area contributed by atoms with Crippen molar-refractivity contribution in [2.24, 2.45) is 0 Å². The fourth-order valence-corrected chi connectivity index (χ4v) is 3.04. The number of alkyl halides is 3. The number of benzene rings is 1. The molecule has 1 aromatic heterocycles. The second-order valence-electron chi connectivity index (χ2n) is 5.88. The summed E-state index contributed by atoms with van der Waals surface area (Å²) in [6, 6.07) is 10.1. The Morgan fingerprint density at radius 3 is 2.15 bits per heavy atom. The van der Waals surface area contributed by atoms with E-state index in [1.54, 1.807) is 30.3 Å². The van der Waals surface area contributed by atoms with Gasteiger partial charge in [0.25, 0.3) is 5.91 Å². The molecule has 2 aromatic rings. The molecule has 1 aromatic carbocycles. The van der Waals surface area contributed by atoms with Crippen LogP contribution in [0.5, 0.6) is 0 Å². The maximum atomic E-state index is 12.5. The Labute approximate surface area is 161 Å². The number of anilines is 2. The van der Waals surface area contributed by atoms with E-state index in [0.717, 1.165) is 10.6 Å². The summed E-state index contributed by atoms with van der Waals surface area (Å²) in [7, 11) is 0. The molecule has 2 heterocycles. The monoisotopic (exact) mass is 445 g/mol. The minimum Gasteiger partial charge on any atom is -0.444 e. The zero-order valence-electron chi connectivity index (χ0n) is 13.9. The number of carbonyl (C=O) groups excluding carboxylic acids is 2. The van der Waals surface area contributed by atoms with Gasteiger partial charge < -0.3 is 19.5 Å². The van der Waals surface area contributed by atoms with E-state index in [1.807, 2.05) is 4.90 Å². The highest BCUT2D eigenvalue weighted by molar-refractivity contribution is 9.10. The molecule has 2 amide bonds. The molecule has 0 saturated carbocycles. The Hall–Kier alpha value is -2.49. The van der Waals surface area contributed by atoms with Crippen molar-refractivity contribution < 1.29 is 27.2 Å². The second kappa shape index (κ2) is 7.63. The number of nitrogens with one attached hydrogen (secondary N) is 1. The topological polar surface area (TPSA) is 65.8 Å². The Bertz CT molecular complexity index is 828. The molecule has 1 fully saturated rings. The maximum absolute atomic E-state index is 12.5. The number of hydrogen-bond acceptors (Lipinski definition) is 4. The predicted molar refractivity (Wildman–Crippen MR) is 95.7 cm³/mol. The van der Waals surface area contributed by atoms with Gasteiger partial charge in [0.2, 0.25) is 0 Å². The summed E-state index contributed by atoms with van der Waals surface area (Å²) in [5.41, 5.74) is 1.36. The summed E-state index contributed by atoms with van der Waals surface area (Å²) in [6.07, 6.45) is -4.84. The molecule has 27 heavy (non-hydrogen) atoms. The van der Waals surface area contributed by atoms with Crippen LogP contribution in [-0.4, -0.2) is 49.1 Å². The minimum absolute atomic E-state index is 0.00417. The summed E-state index contributed by atoms with van der Waals surface area (Å²) in [5.74, 6) is -2.03. The van der Waals surface area contributed by atoms with Crippen molar-refractivity contribution >= 4 is 39.1 Å². The molecule has 1 N–H and O–H groups in total. The molecule has 0 bridgehead atoms. The SMILES string of the molecule is O=C(Nc1ccc(N2CCN(C(=O)C(F)(F)F)CC2)cc1)c1ccc(Br)o1. The highest BCUT2D eigenvalue weighted by Crippen LogP contribution is 2.23. The zero-order chi connectivity index (χ0) is 19.6. The van der Waals surface area contributed by atoms with Crippen molar-refractivity contribution in [3.05, 3.63) is 46.8 Å². The first kappa shape index (κ1) is 19.3. The van der Waals surface area contributed by atoms with Crippen LogP contribution in [0.3, 0.4) is 0 Å². The maximum Gasteiger partial charge on any atom is 0.471 e. The van der Waals surface area contributed by atoms with Gasteiger partial charge in [0, 0.05) is 37.6 Å². The number of piperazine rings is 1. The van der Waals surface area contributed by atoms with Gasteiger partial charge in [0.15, 0.2) is 10.4 Å². The first-order chi connectivity index (χ1) is 12.7. The lowest BCUT2D eigenvalue weighted by Crippen LogP contribution is -2.52. The molecular formula is C17H15BrF3N3O3. The van der Waals surface area contributed by atoms with Crippen molar-refractivity contribution in [2.45, 2.75) is 6.18 Å². The lowest BCUT2D eigenvalue weighted by molar-refractivity contribution is -0.185. The van der Waals surface area contributed by atoms with E-state index in [9.17, 15) is 22.8 Å². The van der Waals surface area contributed by atoms with Gasteiger partial charge in [0.1, 0.15) is 0 Å². The van der Waals surface area contributed by atoms with Crippen LogP contribution in [0.25, 0.3) is 0 Å². The standard InChI is InChI=1S/C17H15BrF3N3O3/c18-14-6-5-13(27-14)15(25)22-11-1-3-12(4-2-11)23-7-9-24(10-8-23)16(26)17(19,20)21/h1-6H,7-10H2,(H,22,25). The third kappa shape index (κ3) is 4.62. The summed E-state index contributed by atoms with van der Waals surface area (Å²) in [6.45, 7) is 0.607. The van der Waals surface area contributed by atoms with E-state index in [-0.39, 0.29) is 18.8 Å².